The summed E-state index contributed by atoms with van der Waals surface area (Å²) in [6.07, 6.45) is -4.74. The number of aromatic nitrogens is 1. The summed E-state index contributed by atoms with van der Waals surface area (Å²) in [6, 6.07) is 17.6. The van der Waals surface area contributed by atoms with E-state index >= 15 is 0 Å². The van der Waals surface area contributed by atoms with Crippen LogP contribution in [0.4, 0.5) is 18.9 Å². The maximum Gasteiger partial charge on any atom is 0.417 e. The Bertz CT molecular complexity index is 1290. The molecule has 0 aliphatic carbocycles. The number of hydrogen-bond donors (Lipinski definition) is 1. The maximum atomic E-state index is 14.0. The number of para-hydroxylation sites is 1. The normalized spacial score (nSPS) is 18.1. The summed E-state index contributed by atoms with van der Waals surface area (Å²) in [4.78, 5) is 31.5. The molecule has 0 saturated carbocycles. The van der Waals surface area contributed by atoms with E-state index in [2.05, 4.69) is 4.98 Å². The third kappa shape index (κ3) is 3.08. The van der Waals surface area contributed by atoms with Crippen molar-refractivity contribution < 1.29 is 22.8 Å². The quantitative estimate of drug-likeness (QED) is 0.579. The van der Waals surface area contributed by atoms with Crippen molar-refractivity contribution in [1.82, 2.24) is 4.98 Å². The van der Waals surface area contributed by atoms with E-state index in [-0.39, 0.29) is 27.6 Å². The Kier molecular flexibility index (Phi) is 4.59. The molecule has 2 aliphatic heterocycles. The van der Waals surface area contributed by atoms with Crippen LogP contribution in [-0.2, 0) is 15.8 Å². The molecule has 1 fully saturated rings. The molecule has 2 aliphatic rings. The Morgan fingerprint density at radius 2 is 1.59 bits per heavy atom. The first-order valence-corrected chi connectivity index (χ1v) is 10.4. The number of imide groups is 1. The van der Waals surface area contributed by atoms with Crippen molar-refractivity contribution in [2.24, 2.45) is 5.73 Å². The number of halogens is 3. The lowest BCUT2D eigenvalue weighted by Gasteiger charge is -2.24. The van der Waals surface area contributed by atoms with E-state index in [0.717, 1.165) is 22.7 Å². The summed E-state index contributed by atoms with van der Waals surface area (Å²) in [5, 5.41) is -1.09. The van der Waals surface area contributed by atoms with E-state index in [9.17, 15) is 22.8 Å². The minimum absolute atomic E-state index is 0.0269. The molecule has 0 spiro atoms. The number of fused-ring (bicyclic) bond motifs is 2. The van der Waals surface area contributed by atoms with Gasteiger partial charge in [-0.1, -0.05) is 60.3 Å². The highest BCUT2D eigenvalue weighted by molar-refractivity contribution is 8.01. The molecule has 1 atom stereocenters. The third-order valence-corrected chi connectivity index (χ3v) is 6.50. The van der Waals surface area contributed by atoms with Crippen LogP contribution in [0.5, 0.6) is 0 Å². The molecule has 0 radical (unpaired) electrons. The number of rotatable bonds is 2. The van der Waals surface area contributed by atoms with Crippen molar-refractivity contribution >= 4 is 35.0 Å². The Morgan fingerprint density at radius 3 is 2.22 bits per heavy atom. The first kappa shape index (κ1) is 20.3. The average Bonchev–Trinajstić information content (AvgIpc) is 3.03. The van der Waals surface area contributed by atoms with E-state index in [0.29, 0.717) is 11.3 Å². The lowest BCUT2D eigenvalue weighted by molar-refractivity contribution is -0.138. The van der Waals surface area contributed by atoms with Crippen molar-refractivity contribution in [2.45, 2.75) is 16.5 Å². The van der Waals surface area contributed by atoms with Gasteiger partial charge in [0.1, 0.15) is 10.3 Å². The summed E-state index contributed by atoms with van der Waals surface area (Å²) in [5.74, 6) is -1.28. The van der Waals surface area contributed by atoms with Gasteiger partial charge in [0.2, 0.25) is 0 Å². The topological polar surface area (TPSA) is 76.3 Å². The Labute approximate surface area is 184 Å². The number of nitrogens with zero attached hydrogens (tertiary/aromatic N) is 2. The first-order chi connectivity index (χ1) is 15.3. The molecule has 2 N–H and O–H groups in total. The fourth-order valence-corrected chi connectivity index (χ4v) is 5.12. The minimum atomic E-state index is -4.74. The predicted molar refractivity (Wildman–Crippen MR) is 114 cm³/mol. The number of hydrogen-bond acceptors (Lipinski definition) is 5. The highest BCUT2D eigenvalue weighted by Gasteiger charge is 2.51. The van der Waals surface area contributed by atoms with Gasteiger partial charge in [-0.05, 0) is 18.2 Å². The Hall–Kier alpha value is -3.59. The van der Waals surface area contributed by atoms with Gasteiger partial charge in [-0.2, -0.15) is 13.2 Å². The number of thioether (sulfide) groups is 1. The van der Waals surface area contributed by atoms with E-state index in [1.54, 1.807) is 60.7 Å². The second kappa shape index (κ2) is 7.23. The second-order valence-corrected chi connectivity index (χ2v) is 8.33. The number of benzene rings is 2. The summed E-state index contributed by atoms with van der Waals surface area (Å²) < 4.78 is 42.1. The van der Waals surface area contributed by atoms with E-state index in [1.165, 1.54) is 0 Å². The van der Waals surface area contributed by atoms with Gasteiger partial charge in [0.25, 0.3) is 11.8 Å². The molecule has 9 heteroatoms. The molecule has 5 nitrogen and oxygen atoms in total. The lowest BCUT2D eigenvalue weighted by Crippen LogP contribution is -2.31. The molecule has 1 saturated heterocycles. The van der Waals surface area contributed by atoms with Crippen LogP contribution in [0, 0.1) is 0 Å². The standard InChI is InChI=1S/C23H14F3N3O2S/c24-23(25,26)14-11-15(12-7-3-1-4-8-12)28-20-16(14)18(27)17-19(32-20)22(31)29(21(17)30)13-9-5-2-6-10-13/h1-11,19H,27H2/t19-/m1/s1. The number of nitrogens with two attached hydrogens (primary N) is 1. The fourth-order valence-electron chi connectivity index (χ4n) is 3.85. The summed E-state index contributed by atoms with van der Waals surface area (Å²) >= 11 is 0.820. The number of carbonyl (C=O) groups excluding carboxylic acids is 2. The van der Waals surface area contributed by atoms with Crippen LogP contribution < -0.4 is 10.6 Å². The molecule has 3 heterocycles. The zero-order valence-corrected chi connectivity index (χ0v) is 17.1. The molecule has 2 aromatic carbocycles. The van der Waals surface area contributed by atoms with Gasteiger partial charge in [0.15, 0.2) is 0 Å². The first-order valence-electron chi connectivity index (χ1n) is 9.55. The predicted octanol–water partition coefficient (Wildman–Crippen LogP) is 4.48. The molecular weight excluding hydrogens is 439 g/mol. The maximum absolute atomic E-state index is 14.0. The van der Waals surface area contributed by atoms with Crippen LogP contribution in [0.3, 0.4) is 0 Å². The number of anilines is 1. The van der Waals surface area contributed by atoms with Gasteiger partial charge in [-0.25, -0.2) is 9.88 Å². The molecule has 3 aromatic rings. The largest absolute Gasteiger partial charge is 0.417 e. The van der Waals surface area contributed by atoms with Crippen LogP contribution in [0.1, 0.15) is 11.1 Å². The molecule has 0 bridgehead atoms. The molecule has 32 heavy (non-hydrogen) atoms. The van der Waals surface area contributed by atoms with E-state index in [4.69, 9.17) is 5.73 Å². The van der Waals surface area contributed by atoms with Gasteiger partial charge in [0.05, 0.1) is 28.2 Å². The highest BCUT2D eigenvalue weighted by Crippen LogP contribution is 2.49. The van der Waals surface area contributed by atoms with Crippen LogP contribution in [0.2, 0.25) is 0 Å². The average molecular weight is 453 g/mol. The van der Waals surface area contributed by atoms with Crippen LogP contribution >= 0.6 is 11.8 Å². The van der Waals surface area contributed by atoms with Gasteiger partial charge in [-0.3, -0.25) is 9.59 Å². The second-order valence-electron chi connectivity index (χ2n) is 7.24. The minimum Gasteiger partial charge on any atom is -0.398 e. The molecule has 0 unspecified atom stereocenters. The zero-order chi connectivity index (χ0) is 22.6. The van der Waals surface area contributed by atoms with Crippen LogP contribution in [0.15, 0.2) is 77.3 Å². The molecule has 1 aromatic heterocycles. The van der Waals surface area contributed by atoms with E-state index < -0.39 is 28.8 Å². The molecule has 5 rings (SSSR count). The lowest BCUT2D eigenvalue weighted by atomic mass is 9.99. The summed E-state index contributed by atoms with van der Waals surface area (Å²) in [5.41, 5.74) is 5.22. The van der Waals surface area contributed by atoms with E-state index in [1.807, 2.05) is 0 Å². The Morgan fingerprint density at radius 1 is 0.969 bits per heavy atom. The molecule has 2 amide bonds. The smallest absolute Gasteiger partial charge is 0.398 e. The van der Waals surface area contributed by atoms with Crippen LogP contribution in [-0.4, -0.2) is 22.0 Å². The zero-order valence-electron chi connectivity index (χ0n) is 16.3. The number of alkyl halides is 3. The summed E-state index contributed by atoms with van der Waals surface area (Å²) in [7, 11) is 0. The SMILES string of the molecule is NC1=C2C(=O)N(c3ccccc3)C(=O)[C@@H]2Sc2nc(-c3ccccc3)cc(C(F)(F)F)c21. The van der Waals surface area contributed by atoms with Crippen molar-refractivity contribution in [1.29, 1.82) is 0 Å². The fraction of sp³-hybridized carbons (Fsp3) is 0.0870. The number of pyridine rings is 1. The number of carbonyl (C=O) groups is 2. The van der Waals surface area contributed by atoms with Crippen LogP contribution in [0.25, 0.3) is 17.0 Å². The molecule has 160 valence electrons. The monoisotopic (exact) mass is 453 g/mol. The van der Waals surface area contributed by atoms with Gasteiger partial charge in [0, 0.05) is 11.1 Å². The van der Waals surface area contributed by atoms with Crippen molar-refractivity contribution in [3.05, 3.63) is 83.4 Å². The number of amides is 2. The van der Waals surface area contributed by atoms with Crippen molar-refractivity contribution in [3.8, 4) is 11.3 Å². The van der Waals surface area contributed by atoms with Gasteiger partial charge < -0.3 is 5.73 Å². The molecular formula is C23H14F3N3O2S. The van der Waals surface area contributed by atoms with Gasteiger partial charge >= 0.3 is 6.18 Å². The highest BCUT2D eigenvalue weighted by atomic mass is 32.2. The Balaban J connectivity index is 1.70. The van der Waals surface area contributed by atoms with Gasteiger partial charge in [-0.15, -0.1) is 0 Å². The van der Waals surface area contributed by atoms with Crippen molar-refractivity contribution in [2.75, 3.05) is 4.90 Å². The summed E-state index contributed by atoms with van der Waals surface area (Å²) in [6.45, 7) is 0. The van der Waals surface area contributed by atoms with Crippen molar-refractivity contribution in [3.63, 3.8) is 0 Å². The third-order valence-electron chi connectivity index (χ3n) is 5.30.